The maximum atomic E-state index is 11.4. The molecule has 0 heterocycles. The maximum Gasteiger partial charge on any atom is 0.480 e. The minimum atomic E-state index is -6.72. The molecule has 0 unspecified atom stereocenters. The van der Waals surface area contributed by atoms with Gasteiger partial charge in [-0.3, -0.25) is 0 Å². The number of nitrogens with zero attached hydrogens (tertiary/aromatic N) is 1. The summed E-state index contributed by atoms with van der Waals surface area (Å²) < 4.78 is 109. The Morgan fingerprint density at radius 1 is 0.839 bits per heavy atom. The van der Waals surface area contributed by atoms with E-state index in [-0.39, 0.29) is 0 Å². The molecule has 6 nitrogen and oxygen atoms in total. The molecule has 31 heavy (non-hydrogen) atoms. The fourth-order valence-corrected chi connectivity index (χ4v) is 3.97. The van der Waals surface area contributed by atoms with E-state index >= 15 is 0 Å². The number of alkyl halides is 6. The van der Waals surface area contributed by atoms with Gasteiger partial charge < -0.3 is 9.44 Å². The number of hydrogen-bond acceptors (Lipinski definition) is 4. The van der Waals surface area contributed by atoms with Gasteiger partial charge >= 0.3 is 11.0 Å². The average Bonchev–Trinajstić information content (AvgIpc) is 2.59. The molecule has 0 aliphatic rings. The molecule has 0 amide bonds. The molecule has 0 aromatic rings. The summed E-state index contributed by atoms with van der Waals surface area (Å²) in [6.07, 6.45) is 13.1. The molecule has 0 fully saturated rings. The van der Waals surface area contributed by atoms with Crippen molar-refractivity contribution < 1.29 is 48.5 Å². The molecule has 0 aliphatic carbocycles. The third kappa shape index (κ3) is 14.5. The van der Waals surface area contributed by atoms with Gasteiger partial charge in [0, 0.05) is 0 Å². The minimum Gasteiger partial charge on any atom is -0.421 e. The molecule has 0 aromatic heterocycles. The van der Waals surface area contributed by atoms with Crippen molar-refractivity contribution in [3.8, 4) is 0 Å². The molecule has 0 rings (SSSR count). The quantitative estimate of drug-likeness (QED) is 0.216. The Kier molecular flexibility index (Phi) is 15.4. The van der Waals surface area contributed by atoms with Crippen LogP contribution in [0.25, 0.3) is 4.13 Å². The van der Waals surface area contributed by atoms with Gasteiger partial charge in [0.1, 0.15) is 0 Å². The van der Waals surface area contributed by atoms with Crippen molar-refractivity contribution in [2.75, 3.05) is 13.1 Å². The Balaban J connectivity index is 0. The van der Waals surface area contributed by atoms with E-state index in [1.54, 1.807) is 0 Å². The highest BCUT2D eigenvalue weighted by Gasteiger charge is 2.46. The third-order valence-corrected chi connectivity index (χ3v) is 6.53. The molecule has 186 valence electrons. The highest BCUT2D eigenvalue weighted by Crippen LogP contribution is 2.36. The Bertz CT molecular complexity index is 668. The van der Waals surface area contributed by atoms with Crippen molar-refractivity contribution >= 4 is 20.0 Å². The van der Waals surface area contributed by atoms with Crippen molar-refractivity contribution in [1.82, 2.24) is 0 Å². The van der Waals surface area contributed by atoms with Gasteiger partial charge in [-0.25, -0.2) is 16.8 Å². The van der Waals surface area contributed by atoms with Crippen LogP contribution in [0.4, 0.5) is 26.3 Å². The highest BCUT2D eigenvalue weighted by molar-refractivity contribution is 8.13. The number of unbranched alkanes of at least 4 members (excludes halogenated alkanes) is 2. The van der Waals surface area contributed by atoms with E-state index in [0.717, 1.165) is 22.9 Å². The molecule has 0 radical (unpaired) electrons. The summed E-state index contributed by atoms with van der Waals surface area (Å²) in [4.78, 5) is 0. The lowest BCUT2D eigenvalue weighted by atomic mass is 9.94. The number of halogens is 6. The smallest absolute Gasteiger partial charge is 0.421 e. The van der Waals surface area contributed by atoms with Gasteiger partial charge in [-0.2, -0.15) is 26.3 Å². The first-order valence-electron chi connectivity index (χ1n) is 9.46. The normalized spacial score (nSPS) is 12.9. The molecule has 0 aliphatic heterocycles. The first kappa shape index (κ1) is 32.1. The lowest BCUT2D eigenvalue weighted by molar-refractivity contribution is -0.655. The van der Waals surface area contributed by atoms with Crippen molar-refractivity contribution in [2.45, 2.75) is 62.9 Å². The topological polar surface area (TPSA) is 99.0 Å². The SMILES string of the molecule is C=CCC(CC=C)CCCCC[NH2+]CCC.O=S(=O)([N-]S(=O)(=O)C(F)(F)F)C(F)(F)F. The molecular weight excluding hydrogens is 474 g/mol. The maximum absolute atomic E-state index is 11.4. The van der Waals surface area contributed by atoms with E-state index < -0.39 is 31.1 Å². The Morgan fingerprint density at radius 2 is 1.29 bits per heavy atom. The van der Waals surface area contributed by atoms with Crippen molar-refractivity contribution in [3.05, 3.63) is 29.4 Å². The van der Waals surface area contributed by atoms with E-state index in [9.17, 15) is 43.2 Å². The number of quaternary nitrogens is 1. The number of rotatable bonds is 14. The van der Waals surface area contributed by atoms with Crippen LogP contribution in [0.2, 0.25) is 0 Å². The average molecular weight is 505 g/mol. The fraction of sp³-hybridized carbons (Fsp3) is 0.765. The zero-order valence-electron chi connectivity index (χ0n) is 17.3. The molecule has 0 bridgehead atoms. The monoisotopic (exact) mass is 504 g/mol. The van der Waals surface area contributed by atoms with E-state index in [1.807, 2.05) is 12.2 Å². The lowest BCUT2D eigenvalue weighted by Gasteiger charge is -2.22. The number of sulfonamides is 2. The van der Waals surface area contributed by atoms with Crippen LogP contribution in [0, 0.1) is 5.92 Å². The van der Waals surface area contributed by atoms with Gasteiger partial charge in [0.15, 0.2) is 20.0 Å². The second-order valence-electron chi connectivity index (χ2n) is 6.55. The summed E-state index contributed by atoms with van der Waals surface area (Å²) in [5.74, 6) is 0.787. The molecule has 0 saturated heterocycles. The molecule has 14 heteroatoms. The third-order valence-electron chi connectivity index (χ3n) is 3.79. The summed E-state index contributed by atoms with van der Waals surface area (Å²) in [5.41, 5.74) is -12.4. The number of hydrogen-bond donors (Lipinski definition) is 1. The molecule has 0 saturated carbocycles. The molecular formula is C17H30F6N2O4S2. The molecule has 0 aromatic carbocycles. The first-order chi connectivity index (χ1) is 14.1. The summed E-state index contributed by atoms with van der Waals surface area (Å²) in [5, 5.41) is 2.44. The van der Waals surface area contributed by atoms with E-state index in [4.69, 9.17) is 0 Å². The second-order valence-corrected chi connectivity index (χ2v) is 9.97. The van der Waals surface area contributed by atoms with Crippen LogP contribution in [0.5, 0.6) is 0 Å². The van der Waals surface area contributed by atoms with Crippen molar-refractivity contribution in [3.63, 3.8) is 0 Å². The molecule has 2 N–H and O–H groups in total. The van der Waals surface area contributed by atoms with Gasteiger partial charge in [0.25, 0.3) is 0 Å². The first-order valence-corrected chi connectivity index (χ1v) is 12.3. The highest BCUT2D eigenvalue weighted by atomic mass is 32.3. The van der Waals surface area contributed by atoms with Crippen LogP contribution in [0.3, 0.4) is 0 Å². The van der Waals surface area contributed by atoms with Gasteiger partial charge in [-0.05, 0) is 44.4 Å². The summed E-state index contributed by atoms with van der Waals surface area (Å²) in [6, 6.07) is 0. The molecule has 0 atom stereocenters. The number of nitrogens with two attached hydrogens (primary N) is 1. The van der Waals surface area contributed by atoms with Gasteiger partial charge in [0.05, 0.1) is 13.1 Å². The zero-order chi connectivity index (χ0) is 24.8. The Labute approximate surface area is 180 Å². The predicted molar refractivity (Wildman–Crippen MR) is 107 cm³/mol. The lowest BCUT2D eigenvalue weighted by Crippen LogP contribution is -2.84. The molecule has 0 spiro atoms. The van der Waals surface area contributed by atoms with Gasteiger partial charge in [0.2, 0.25) is 0 Å². The van der Waals surface area contributed by atoms with Crippen LogP contribution in [0.1, 0.15) is 51.9 Å². The minimum absolute atomic E-state index is 0.778. The summed E-state index contributed by atoms with van der Waals surface area (Å²) in [6.45, 7) is 12.5. The van der Waals surface area contributed by atoms with Gasteiger partial charge in [-0.1, -0.05) is 25.5 Å². The van der Waals surface area contributed by atoms with Crippen molar-refractivity contribution in [2.24, 2.45) is 5.92 Å². The standard InChI is InChI=1S/C15H29N.C2F6NO4S2/c1-4-10-15(11-5-2)12-8-7-9-14-16-13-6-3;3-1(4,5)14(10,11)9-15(12,13)2(6,7)8/h4-5,15-16H,1-2,6-14H2,3H3;/q;-1/p+1. The Morgan fingerprint density at radius 3 is 1.65 bits per heavy atom. The van der Waals surface area contributed by atoms with Crippen LogP contribution in [-0.2, 0) is 20.0 Å². The van der Waals surface area contributed by atoms with Crippen LogP contribution in [0.15, 0.2) is 25.3 Å². The summed E-state index contributed by atoms with van der Waals surface area (Å²) in [7, 11) is -13.4. The zero-order valence-corrected chi connectivity index (χ0v) is 18.9. The summed E-state index contributed by atoms with van der Waals surface area (Å²) >= 11 is 0. The second kappa shape index (κ2) is 14.9. The predicted octanol–water partition coefficient (Wildman–Crippen LogP) is 4.35. The Hall–Kier alpha value is -1.12. The fourth-order valence-electron chi connectivity index (χ4n) is 2.26. The van der Waals surface area contributed by atoms with E-state index in [1.165, 1.54) is 45.2 Å². The largest absolute Gasteiger partial charge is 0.480 e. The van der Waals surface area contributed by atoms with E-state index in [0.29, 0.717) is 0 Å². The van der Waals surface area contributed by atoms with E-state index in [2.05, 4.69) is 25.4 Å². The van der Waals surface area contributed by atoms with Gasteiger partial charge in [-0.15, -0.1) is 13.2 Å². The van der Waals surface area contributed by atoms with Crippen LogP contribution < -0.4 is 5.32 Å². The van der Waals surface area contributed by atoms with Crippen molar-refractivity contribution in [1.29, 1.82) is 0 Å². The number of allylic oxidation sites excluding steroid dienone is 2. The van der Waals surface area contributed by atoms with Crippen LogP contribution in [-0.4, -0.2) is 40.9 Å². The van der Waals surface area contributed by atoms with Crippen LogP contribution >= 0.6 is 0 Å².